The molecule has 0 aliphatic carbocycles. The summed E-state index contributed by atoms with van der Waals surface area (Å²) in [5.74, 6) is 0. The second-order valence-corrected chi connectivity index (χ2v) is 11.1. The van der Waals surface area contributed by atoms with Crippen molar-refractivity contribution >= 4 is 42.9 Å². The molecule has 0 N–H and O–H groups in total. The van der Waals surface area contributed by atoms with E-state index in [1.54, 1.807) is 36.9 Å². The quantitative estimate of drug-likeness (QED) is 0.123. The fraction of sp³-hybridized carbons (Fsp3) is 0.380. The Morgan fingerprint density at radius 3 is 0.889 bits per heavy atom. The Bertz CT molecular complexity index is 1710. The van der Waals surface area contributed by atoms with Crippen LogP contribution in [0.1, 0.15) is 228 Å². The molecule has 0 saturated carbocycles. The van der Waals surface area contributed by atoms with E-state index in [1.165, 1.54) is 18.2 Å². The van der Waals surface area contributed by atoms with E-state index in [1.807, 2.05) is 268 Å². The van der Waals surface area contributed by atoms with Gasteiger partial charge in [-0.3, -0.25) is 35.0 Å². The maximum Gasteiger partial charge on any atom is 3.00 e. The summed E-state index contributed by atoms with van der Waals surface area (Å²) in [6, 6.07) is 38.8. The Morgan fingerprint density at radius 1 is 0.344 bits per heavy atom. The zero-order chi connectivity index (χ0) is 64.1. The van der Waals surface area contributed by atoms with Crippen LogP contribution in [0.5, 0.6) is 0 Å². The van der Waals surface area contributed by atoms with Crippen LogP contribution in [0.4, 0.5) is 5.69 Å². The monoisotopic (exact) mass is 1690 g/mol. The smallest absolute Gasteiger partial charge is 0.862 e. The standard InChI is InChI=1S/C9H8.5C8H7N.12C2H6.6CH3.6Y/c1-3-9-6-4-5-8(2)7-9;1-7-4-3-5-8(6-7)9-2;1-7-3-2-4-8(5-7)6-9;1-3-8-4-7(2)5-9-6-8;1-3-8-4-5-9-7(2)6-8;1-3-8-6-7(2)4-5-9-8;12*1-2;;;;;;;;;;;;/h1,3-6H,2H3;2-5H,1H3;2-4,6H,1H3;1,3,5-6H,2H3;2*1,3-5H,2H3;12*1-2H3;6*1H3;;;;;;/q6*-2;;;;;;;;;;;;;6*-1;6*+3. The van der Waals surface area contributed by atoms with Crippen molar-refractivity contribution < 1.29 is 196 Å². The van der Waals surface area contributed by atoms with Crippen molar-refractivity contribution in [2.24, 2.45) is 4.99 Å². The number of aliphatic imine (C=N–C) groups is 1. The van der Waals surface area contributed by atoms with Crippen LogP contribution in [0.25, 0.3) is 29.7 Å². The SMILES string of the molecule is CC.CC.CC.CC.CC.CC.CC.CC.CC.CC.CC.CC.Cc1[c-]c(C=[N-])ccc1.[CH-]=Cc1[c-]c(C)ccc1.[CH-]=Cc1[c-]c(C)ccn1.[CH-]=Cc1[c-]c(C)cnc1.[CH-]=Cc1[c-]c(C)ncc1.[CH-]=Nc1[c-]c(C)ccc1.[CH3-].[CH3-].[CH3-].[CH3-].[CH3-].[CH3-].[Y+3].[Y+3].[Y+3].[Y+3].[Y+3].[Y+3]. The summed E-state index contributed by atoms with van der Waals surface area (Å²) in [4.78, 5) is 15.3. The summed E-state index contributed by atoms with van der Waals surface area (Å²) in [5.41, 5.74) is 11.0. The molecule has 3 aromatic heterocycles. The van der Waals surface area contributed by atoms with Crippen LogP contribution in [0.2, 0.25) is 0 Å². The first-order chi connectivity index (χ1) is 38.0. The van der Waals surface area contributed by atoms with E-state index >= 15 is 0 Å². The normalized spacial score (nSPS) is 6.20. The van der Waals surface area contributed by atoms with Gasteiger partial charge >= 0.3 is 196 Å². The molecule has 0 aliphatic heterocycles. The van der Waals surface area contributed by atoms with E-state index in [9.17, 15) is 0 Å². The zero-order valence-electron chi connectivity index (χ0n) is 65.1. The molecule has 0 atom stereocenters. The number of aryl methyl sites for hydroxylation is 6. The first-order valence-electron chi connectivity index (χ1n) is 28.6. The Hall–Kier alpha value is 0.0334. The first-order valence-corrected chi connectivity index (χ1v) is 28.6. The molecule has 0 unspecified atom stereocenters. The maximum absolute atomic E-state index is 8.51. The van der Waals surface area contributed by atoms with Crippen LogP contribution < -0.4 is 0 Å². The number of pyridine rings is 3. The van der Waals surface area contributed by atoms with Gasteiger partial charge in [-0.25, -0.2) is 41.7 Å². The second kappa shape index (κ2) is 158. The summed E-state index contributed by atoms with van der Waals surface area (Å²) >= 11 is 0. The molecule has 0 bridgehead atoms. The van der Waals surface area contributed by atoms with E-state index in [0.717, 1.165) is 62.0 Å². The zero-order valence-corrected chi connectivity index (χ0v) is 82.2. The number of hydrogen-bond donors (Lipinski definition) is 0. The molecule has 0 radical (unpaired) electrons. The van der Waals surface area contributed by atoms with Gasteiger partial charge in [-0.2, -0.15) is 47.2 Å². The van der Waals surface area contributed by atoms with Gasteiger partial charge in [0.1, 0.15) is 0 Å². The Labute approximate surface area is 721 Å². The third-order valence-electron chi connectivity index (χ3n) is 6.36. The van der Waals surface area contributed by atoms with E-state index < -0.39 is 0 Å². The molecule has 90 heavy (non-hydrogen) atoms. The molecule has 6 aromatic rings. The molecule has 3 heterocycles. The minimum absolute atomic E-state index is 0. The third kappa shape index (κ3) is 129. The topological polar surface area (TPSA) is 73.3 Å². The average molecular weight is 1690 g/mol. The summed E-state index contributed by atoms with van der Waals surface area (Å²) in [5, 5.41) is 8.51. The predicted octanol–water partition coefficient (Wildman–Crippen LogP) is 25.9. The van der Waals surface area contributed by atoms with E-state index in [4.69, 9.17) is 38.4 Å². The molecular weight excluding hydrogens is 1550 g/mol. The molecule has 0 fully saturated rings. The molecule has 0 saturated heterocycles. The van der Waals surface area contributed by atoms with E-state index in [-0.39, 0.29) is 241 Å². The van der Waals surface area contributed by atoms with Gasteiger partial charge in [-0.15, -0.1) is 53.7 Å². The molecule has 3 aromatic carbocycles. The van der Waals surface area contributed by atoms with Crippen molar-refractivity contribution in [3.8, 4) is 0 Å². The van der Waals surface area contributed by atoms with Gasteiger partial charge in [0.15, 0.2) is 0 Å². The number of benzene rings is 3. The first kappa shape index (κ1) is 164. The number of hydrogen-bond acceptors (Lipinski definition) is 4. The molecule has 0 spiro atoms. The number of rotatable bonds is 6. The van der Waals surface area contributed by atoms with Gasteiger partial charge in [0.05, 0.1) is 0 Å². The van der Waals surface area contributed by atoms with Crippen LogP contribution >= 0.6 is 0 Å². The Morgan fingerprint density at radius 2 is 0.656 bits per heavy atom. The summed E-state index contributed by atoms with van der Waals surface area (Å²) in [6.45, 7) is 85.6. The maximum atomic E-state index is 8.51. The van der Waals surface area contributed by atoms with Crippen molar-refractivity contribution in [2.75, 3.05) is 0 Å². The van der Waals surface area contributed by atoms with Crippen molar-refractivity contribution in [1.82, 2.24) is 15.0 Å². The summed E-state index contributed by atoms with van der Waals surface area (Å²) < 4.78 is 0. The summed E-state index contributed by atoms with van der Waals surface area (Å²) in [6.07, 6.45) is 13.9. The predicted molar refractivity (Wildman–Crippen MR) is 400 cm³/mol. The number of aromatic nitrogens is 3. The third-order valence-corrected chi connectivity index (χ3v) is 6.36. The van der Waals surface area contributed by atoms with Crippen molar-refractivity contribution in [2.45, 2.75) is 208 Å². The van der Waals surface area contributed by atoms with Crippen LogP contribution in [0.15, 0.2) is 96.5 Å². The van der Waals surface area contributed by atoms with Crippen molar-refractivity contribution in [3.05, 3.63) is 266 Å². The molecule has 11 heteroatoms. The van der Waals surface area contributed by atoms with Gasteiger partial charge in [0.25, 0.3) is 0 Å². The van der Waals surface area contributed by atoms with Gasteiger partial charge in [-0.05, 0) is 18.8 Å². The van der Waals surface area contributed by atoms with Crippen molar-refractivity contribution in [3.63, 3.8) is 0 Å². The minimum Gasteiger partial charge on any atom is -0.862 e. The molecule has 0 aliphatic rings. The fourth-order valence-electron chi connectivity index (χ4n) is 3.84. The summed E-state index contributed by atoms with van der Waals surface area (Å²) in [7, 11) is 0. The molecule has 6 rings (SSSR count). The molecule has 0 amide bonds. The molecular formula is C79H133N5Y6. The molecule has 5 nitrogen and oxygen atoms in total. The second-order valence-electron chi connectivity index (χ2n) is 11.1. The largest absolute Gasteiger partial charge is 3.00 e. The Balaban J connectivity index is -0.0000000241. The van der Waals surface area contributed by atoms with Gasteiger partial charge in [0.2, 0.25) is 0 Å². The van der Waals surface area contributed by atoms with Gasteiger partial charge in [-0.1, -0.05) is 213 Å². The van der Waals surface area contributed by atoms with Crippen LogP contribution in [-0.2, 0) is 196 Å². The van der Waals surface area contributed by atoms with Crippen LogP contribution in [0, 0.1) is 149 Å². The van der Waals surface area contributed by atoms with E-state index in [0.29, 0.717) is 11.4 Å². The van der Waals surface area contributed by atoms with Gasteiger partial charge < -0.3 is 127 Å². The molecule has 492 valence electrons. The van der Waals surface area contributed by atoms with Gasteiger partial charge in [0, 0.05) is 0 Å². The number of nitrogens with zero attached hydrogens (tertiary/aromatic N) is 5. The van der Waals surface area contributed by atoms with Crippen LogP contribution in [0.3, 0.4) is 0 Å². The van der Waals surface area contributed by atoms with E-state index in [2.05, 4.69) is 56.3 Å². The minimum atomic E-state index is 0. The Kier molecular flexibility index (Phi) is 288. The average Bonchev–Trinajstić information content (AvgIpc) is 3.53. The van der Waals surface area contributed by atoms with Crippen molar-refractivity contribution in [1.29, 1.82) is 0 Å². The fourth-order valence-corrected chi connectivity index (χ4v) is 3.84. The van der Waals surface area contributed by atoms with Crippen LogP contribution in [-0.4, -0.2) is 27.9 Å².